The first kappa shape index (κ1) is 40.7. The van der Waals surface area contributed by atoms with Gasteiger partial charge in [0.2, 0.25) is 0 Å². The number of anilines is 2. The number of hydrogen-bond donors (Lipinski definition) is 2. The number of halogens is 2. The molecule has 0 spiro atoms. The number of alkyl halides is 2. The molecule has 2 aromatic carbocycles. The van der Waals surface area contributed by atoms with Gasteiger partial charge in [-0.1, -0.05) is 24.6 Å². The molecule has 5 heterocycles. The van der Waals surface area contributed by atoms with Crippen molar-refractivity contribution in [2.75, 3.05) is 56.7 Å². The van der Waals surface area contributed by atoms with E-state index in [1.165, 1.54) is 23.0 Å². The number of rotatable bonds is 15. The van der Waals surface area contributed by atoms with Gasteiger partial charge < -0.3 is 24.6 Å². The molecule has 2 N–H and O–H groups in total. The number of hydrogen-bond acceptors (Lipinski definition) is 11. The first-order chi connectivity index (χ1) is 29.1. The first-order valence-corrected chi connectivity index (χ1v) is 20.4. The number of imide groups is 1. The van der Waals surface area contributed by atoms with E-state index in [1.807, 2.05) is 30.3 Å². The van der Waals surface area contributed by atoms with E-state index in [-0.39, 0.29) is 34.2 Å². The fourth-order valence-corrected chi connectivity index (χ4v) is 8.27. The van der Waals surface area contributed by atoms with Crippen molar-refractivity contribution < 1.29 is 37.4 Å². The van der Waals surface area contributed by atoms with Gasteiger partial charge in [-0.2, -0.15) is 10.2 Å². The zero-order valence-electron chi connectivity index (χ0n) is 33.3. The second kappa shape index (κ2) is 18.0. The van der Waals surface area contributed by atoms with Crippen molar-refractivity contribution in [3.05, 3.63) is 95.1 Å². The van der Waals surface area contributed by atoms with Crippen molar-refractivity contribution in [3.63, 3.8) is 0 Å². The average Bonchev–Trinajstić information content (AvgIpc) is 3.88. The van der Waals surface area contributed by atoms with Crippen molar-refractivity contribution in [3.8, 4) is 11.5 Å². The summed E-state index contributed by atoms with van der Waals surface area (Å²) in [6.45, 7) is 4.47. The molecule has 314 valence electrons. The highest BCUT2D eigenvalue weighted by Gasteiger charge is 2.33. The van der Waals surface area contributed by atoms with Gasteiger partial charge in [0, 0.05) is 37.6 Å². The number of aryl methyl sites for hydroxylation is 1. The predicted molar refractivity (Wildman–Crippen MR) is 217 cm³/mol. The molecule has 0 radical (unpaired) electrons. The molecule has 2 fully saturated rings. The van der Waals surface area contributed by atoms with Crippen LogP contribution in [0.2, 0.25) is 0 Å². The van der Waals surface area contributed by atoms with E-state index >= 15 is 0 Å². The van der Waals surface area contributed by atoms with Crippen LogP contribution in [0.5, 0.6) is 11.5 Å². The van der Waals surface area contributed by atoms with Crippen LogP contribution >= 0.6 is 0 Å². The number of ketones is 1. The van der Waals surface area contributed by atoms with Crippen LogP contribution in [0.1, 0.15) is 99.7 Å². The van der Waals surface area contributed by atoms with Gasteiger partial charge in [0.05, 0.1) is 36.7 Å². The Bertz CT molecular complexity index is 2370. The quantitative estimate of drug-likeness (QED) is 0.0695. The molecule has 15 nitrogen and oxygen atoms in total. The fraction of sp³-hybridized carbons (Fsp3) is 0.419. The Morgan fingerprint density at radius 3 is 2.55 bits per heavy atom. The van der Waals surface area contributed by atoms with E-state index in [9.17, 15) is 28.0 Å². The summed E-state index contributed by atoms with van der Waals surface area (Å²) in [5, 5.41) is 13.2. The Labute approximate surface area is 345 Å². The van der Waals surface area contributed by atoms with Crippen molar-refractivity contribution in [2.45, 2.75) is 63.8 Å². The van der Waals surface area contributed by atoms with E-state index in [0.717, 1.165) is 70.0 Å². The van der Waals surface area contributed by atoms with Crippen LogP contribution in [0.4, 0.5) is 20.3 Å². The summed E-state index contributed by atoms with van der Waals surface area (Å²) >= 11 is 0. The number of Topliss-reactive ketones (excluding diaryl/α,β-unsaturated/α-hetero) is 1. The molecule has 3 aromatic heterocycles. The second-order valence-electron chi connectivity index (χ2n) is 15.7. The molecule has 5 aromatic rings. The smallest absolute Gasteiger partial charge is 0.299 e. The second-order valence-corrected chi connectivity index (χ2v) is 15.7. The Balaban J connectivity index is 0.767. The maximum atomic E-state index is 14.2. The SMILES string of the molecule is CN(CCCCCc1ccc(Oc2cccc3c2C(=O)NC(=O)C3=O)cc1)CC1CCC(n2cc(NC(=O)c3cnn4ccc(N5CCOCC5)nc34)c(C(F)F)n2)CC1. The van der Waals surface area contributed by atoms with Crippen LogP contribution < -0.4 is 20.3 Å². The zero-order chi connectivity index (χ0) is 41.8. The van der Waals surface area contributed by atoms with Gasteiger partial charge >= 0.3 is 0 Å². The minimum Gasteiger partial charge on any atom is -0.457 e. The minimum atomic E-state index is -2.86. The number of aromatic nitrogens is 5. The summed E-state index contributed by atoms with van der Waals surface area (Å²) in [7, 11) is 2.15. The van der Waals surface area contributed by atoms with Gasteiger partial charge in [-0.25, -0.2) is 18.3 Å². The standard InChI is InChI=1S/C43H47F2N9O6/c1-51(18-4-2-3-6-27-11-15-30(16-12-27)60-34-8-5-7-31-36(34)42(57)49-43(58)38(31)55)25-28-9-13-29(14-10-28)54-26-33(37(50-54)39(44)45)47-41(56)32-24-46-53-19-17-35(48-40(32)53)52-20-22-59-23-21-52/h5,7-8,11-12,15-17,19,24,26,28-29,39H,2-4,6,9-10,13-14,18,20-23,25H2,1H3,(H,47,56)(H,49,57,58). The van der Waals surface area contributed by atoms with Crippen molar-refractivity contribution in [1.29, 1.82) is 0 Å². The van der Waals surface area contributed by atoms with Crippen molar-refractivity contribution >= 4 is 40.7 Å². The van der Waals surface area contributed by atoms with Gasteiger partial charge in [0.25, 0.3) is 29.9 Å². The number of carbonyl (C=O) groups is 4. The molecule has 1 saturated carbocycles. The van der Waals surface area contributed by atoms with E-state index in [0.29, 0.717) is 49.4 Å². The fourth-order valence-electron chi connectivity index (χ4n) is 8.27. The van der Waals surface area contributed by atoms with Crippen LogP contribution in [0, 0.1) is 5.92 Å². The molecule has 60 heavy (non-hydrogen) atoms. The Kier molecular flexibility index (Phi) is 12.2. The molecular weight excluding hydrogens is 777 g/mol. The lowest BCUT2D eigenvalue weighted by molar-refractivity contribution is -0.116. The monoisotopic (exact) mass is 823 g/mol. The predicted octanol–water partition coefficient (Wildman–Crippen LogP) is 6.27. The largest absolute Gasteiger partial charge is 0.457 e. The number of fused-ring (bicyclic) bond motifs is 2. The zero-order valence-corrected chi connectivity index (χ0v) is 33.3. The van der Waals surface area contributed by atoms with Crippen molar-refractivity contribution in [1.82, 2.24) is 34.6 Å². The number of carbonyl (C=O) groups excluding carboxylic acids is 4. The number of benzene rings is 2. The normalized spacial score (nSPS) is 18.3. The Morgan fingerprint density at radius 2 is 1.78 bits per heavy atom. The molecule has 17 heteroatoms. The number of nitrogens with one attached hydrogen (secondary N) is 2. The first-order valence-electron chi connectivity index (χ1n) is 20.4. The van der Waals surface area contributed by atoms with Gasteiger partial charge in [0.15, 0.2) is 11.3 Å². The summed E-state index contributed by atoms with van der Waals surface area (Å²) in [5.74, 6) is -1.01. The van der Waals surface area contributed by atoms with Crippen LogP contribution in [0.25, 0.3) is 5.65 Å². The molecule has 0 unspecified atom stereocenters. The number of amides is 3. The minimum absolute atomic E-state index is 0.00983. The molecule has 0 bridgehead atoms. The lowest BCUT2D eigenvalue weighted by Gasteiger charge is -2.31. The highest BCUT2D eigenvalue weighted by atomic mass is 19.3. The third-order valence-corrected chi connectivity index (χ3v) is 11.5. The number of morpholine rings is 1. The van der Waals surface area contributed by atoms with E-state index in [1.54, 1.807) is 23.0 Å². The lowest BCUT2D eigenvalue weighted by atomic mass is 9.86. The average molecular weight is 824 g/mol. The van der Waals surface area contributed by atoms with Gasteiger partial charge in [-0.3, -0.25) is 29.2 Å². The summed E-state index contributed by atoms with van der Waals surface area (Å²) < 4.78 is 42.9. The Morgan fingerprint density at radius 1 is 1.00 bits per heavy atom. The van der Waals surface area contributed by atoms with Gasteiger partial charge in [-0.05, 0) is 100 Å². The maximum Gasteiger partial charge on any atom is 0.299 e. The third-order valence-electron chi connectivity index (χ3n) is 11.5. The molecule has 0 atom stereocenters. The third kappa shape index (κ3) is 9.06. The van der Waals surface area contributed by atoms with Crippen LogP contribution in [0.15, 0.2) is 67.1 Å². The highest BCUT2D eigenvalue weighted by Crippen LogP contribution is 2.36. The van der Waals surface area contributed by atoms with E-state index < -0.39 is 35.6 Å². The molecule has 3 aliphatic rings. The lowest BCUT2D eigenvalue weighted by Crippen LogP contribution is -2.42. The van der Waals surface area contributed by atoms with E-state index in [4.69, 9.17) is 9.47 Å². The molecule has 2 aliphatic heterocycles. The summed E-state index contributed by atoms with van der Waals surface area (Å²) in [4.78, 5) is 58.9. The Hall–Kier alpha value is -6.07. The van der Waals surface area contributed by atoms with Crippen LogP contribution in [-0.4, -0.2) is 99.2 Å². The van der Waals surface area contributed by atoms with E-state index in [2.05, 4.69) is 42.7 Å². The number of ether oxygens (including phenoxy) is 2. The van der Waals surface area contributed by atoms with Crippen LogP contribution in [0.3, 0.4) is 0 Å². The molecule has 3 amide bonds. The maximum absolute atomic E-state index is 14.2. The summed E-state index contributed by atoms with van der Waals surface area (Å²) in [6.07, 6.45) is 9.40. The molecule has 1 saturated heterocycles. The molecule has 8 rings (SSSR count). The van der Waals surface area contributed by atoms with Gasteiger partial charge in [0.1, 0.15) is 22.9 Å². The summed E-state index contributed by atoms with van der Waals surface area (Å²) in [5.41, 5.74) is 1.31. The van der Waals surface area contributed by atoms with Crippen LogP contribution in [-0.2, 0) is 16.0 Å². The number of nitrogens with zero attached hydrogens (tertiary/aromatic N) is 7. The molecular formula is C43H47F2N9O6. The molecule has 1 aliphatic carbocycles. The van der Waals surface area contributed by atoms with Gasteiger partial charge in [-0.15, -0.1) is 0 Å². The summed E-state index contributed by atoms with van der Waals surface area (Å²) in [6, 6.07) is 14.0. The number of unbranched alkanes of at least 4 members (excludes halogenated alkanes) is 2. The topological polar surface area (TPSA) is 165 Å². The van der Waals surface area contributed by atoms with Crippen molar-refractivity contribution in [2.24, 2.45) is 5.92 Å². The highest BCUT2D eigenvalue weighted by molar-refractivity contribution is 6.49.